The first-order chi connectivity index (χ1) is 3.93. The standard InChI is InChI=1S/C6H14N2.ClH/c1-2-6-5-7-3-4-8-6;/h6-8H,2-5H2,1H3;1H. The Balaban J connectivity index is 0.000000640. The predicted octanol–water partition coefficient (Wildman–Crippen LogP) is 0.380. The molecule has 0 aromatic rings. The molecule has 56 valence electrons. The van der Waals surface area contributed by atoms with Gasteiger partial charge < -0.3 is 10.6 Å². The number of rotatable bonds is 1. The summed E-state index contributed by atoms with van der Waals surface area (Å²) in [6.07, 6.45) is 1.24. The fraction of sp³-hybridized carbons (Fsp3) is 1.00. The molecule has 0 radical (unpaired) electrons. The Hall–Kier alpha value is 0.210. The van der Waals surface area contributed by atoms with E-state index in [0.717, 1.165) is 25.7 Å². The summed E-state index contributed by atoms with van der Waals surface area (Å²) >= 11 is 0. The molecule has 0 aliphatic carbocycles. The van der Waals surface area contributed by atoms with Crippen molar-refractivity contribution in [3.63, 3.8) is 0 Å². The minimum Gasteiger partial charge on any atom is -0.314 e. The zero-order valence-corrected chi connectivity index (χ0v) is 6.63. The van der Waals surface area contributed by atoms with Crippen LogP contribution in [0.4, 0.5) is 0 Å². The van der Waals surface area contributed by atoms with Crippen molar-refractivity contribution in [2.45, 2.75) is 19.4 Å². The van der Waals surface area contributed by atoms with E-state index in [-0.39, 0.29) is 12.4 Å². The van der Waals surface area contributed by atoms with E-state index in [1.54, 1.807) is 0 Å². The van der Waals surface area contributed by atoms with Crippen LogP contribution in [0.1, 0.15) is 13.3 Å². The van der Waals surface area contributed by atoms with Gasteiger partial charge in [0.2, 0.25) is 0 Å². The van der Waals surface area contributed by atoms with Crippen molar-refractivity contribution in [1.29, 1.82) is 0 Å². The zero-order chi connectivity index (χ0) is 5.82. The Morgan fingerprint density at radius 1 is 1.44 bits per heavy atom. The average molecular weight is 151 g/mol. The van der Waals surface area contributed by atoms with Crippen LogP contribution < -0.4 is 10.6 Å². The van der Waals surface area contributed by atoms with Gasteiger partial charge in [0.25, 0.3) is 0 Å². The Morgan fingerprint density at radius 3 is 2.56 bits per heavy atom. The summed E-state index contributed by atoms with van der Waals surface area (Å²) in [5, 5.41) is 6.73. The lowest BCUT2D eigenvalue weighted by molar-refractivity contribution is 0.410. The highest BCUT2D eigenvalue weighted by Gasteiger charge is 2.07. The predicted molar refractivity (Wildman–Crippen MR) is 42.2 cm³/mol. The molecule has 1 fully saturated rings. The van der Waals surface area contributed by atoms with Crippen molar-refractivity contribution in [2.75, 3.05) is 19.6 Å². The smallest absolute Gasteiger partial charge is 0.0190 e. The number of halogens is 1. The van der Waals surface area contributed by atoms with E-state index in [1.165, 1.54) is 6.42 Å². The summed E-state index contributed by atoms with van der Waals surface area (Å²) in [5.41, 5.74) is 0. The van der Waals surface area contributed by atoms with Crippen molar-refractivity contribution in [2.24, 2.45) is 0 Å². The minimum absolute atomic E-state index is 0. The van der Waals surface area contributed by atoms with E-state index in [0.29, 0.717) is 0 Å². The van der Waals surface area contributed by atoms with Crippen LogP contribution in [0.3, 0.4) is 0 Å². The second-order valence-electron chi connectivity index (χ2n) is 2.26. The second kappa shape index (κ2) is 5.03. The molecule has 1 atom stereocenters. The first kappa shape index (κ1) is 9.21. The molecule has 2 nitrogen and oxygen atoms in total. The summed E-state index contributed by atoms with van der Waals surface area (Å²) in [6.45, 7) is 5.64. The second-order valence-corrected chi connectivity index (χ2v) is 2.26. The third-order valence-electron chi connectivity index (χ3n) is 1.62. The van der Waals surface area contributed by atoms with E-state index in [4.69, 9.17) is 0 Å². The van der Waals surface area contributed by atoms with Crippen LogP contribution in [-0.4, -0.2) is 25.7 Å². The van der Waals surface area contributed by atoms with E-state index in [1.807, 2.05) is 0 Å². The van der Waals surface area contributed by atoms with Crippen LogP contribution in [0.2, 0.25) is 0 Å². The fourth-order valence-electron chi connectivity index (χ4n) is 1.00. The van der Waals surface area contributed by atoms with Gasteiger partial charge in [-0.05, 0) is 6.42 Å². The molecule has 1 aliphatic heterocycles. The quantitative estimate of drug-likeness (QED) is 0.565. The number of hydrogen-bond donors (Lipinski definition) is 2. The van der Waals surface area contributed by atoms with Crippen LogP contribution in [0.25, 0.3) is 0 Å². The first-order valence-electron chi connectivity index (χ1n) is 3.37. The average Bonchev–Trinajstić information content (AvgIpc) is 1.90. The Kier molecular flexibility index (Phi) is 5.15. The molecule has 0 bridgehead atoms. The number of piperazine rings is 1. The lowest BCUT2D eigenvalue weighted by atomic mass is 10.2. The minimum atomic E-state index is 0. The molecule has 1 heterocycles. The Morgan fingerprint density at radius 2 is 2.22 bits per heavy atom. The number of nitrogens with one attached hydrogen (secondary N) is 2. The van der Waals surface area contributed by atoms with Gasteiger partial charge in [-0.15, -0.1) is 12.4 Å². The highest BCUT2D eigenvalue weighted by molar-refractivity contribution is 5.85. The largest absolute Gasteiger partial charge is 0.314 e. The van der Waals surface area contributed by atoms with Crippen LogP contribution in [0.15, 0.2) is 0 Å². The highest BCUT2D eigenvalue weighted by Crippen LogP contribution is 1.90. The summed E-state index contributed by atoms with van der Waals surface area (Å²) in [7, 11) is 0. The van der Waals surface area contributed by atoms with Crippen molar-refractivity contribution in [3.05, 3.63) is 0 Å². The van der Waals surface area contributed by atoms with Crippen molar-refractivity contribution < 1.29 is 0 Å². The van der Waals surface area contributed by atoms with Gasteiger partial charge in [-0.1, -0.05) is 6.92 Å². The molecule has 0 saturated carbocycles. The van der Waals surface area contributed by atoms with Gasteiger partial charge in [0.05, 0.1) is 0 Å². The van der Waals surface area contributed by atoms with Gasteiger partial charge in [-0.3, -0.25) is 0 Å². The maximum Gasteiger partial charge on any atom is 0.0190 e. The van der Waals surface area contributed by atoms with Crippen LogP contribution in [0, 0.1) is 0 Å². The lowest BCUT2D eigenvalue weighted by Crippen LogP contribution is -2.47. The van der Waals surface area contributed by atoms with Gasteiger partial charge in [0.1, 0.15) is 0 Å². The third kappa shape index (κ3) is 3.04. The monoisotopic (exact) mass is 150 g/mol. The van der Waals surface area contributed by atoms with Crippen LogP contribution in [-0.2, 0) is 0 Å². The van der Waals surface area contributed by atoms with Crippen molar-refractivity contribution in [3.8, 4) is 0 Å². The molecule has 9 heavy (non-hydrogen) atoms. The Labute approximate surface area is 62.8 Å². The topological polar surface area (TPSA) is 24.1 Å². The molecule has 3 heteroatoms. The third-order valence-corrected chi connectivity index (χ3v) is 1.62. The van der Waals surface area contributed by atoms with E-state index in [2.05, 4.69) is 17.6 Å². The van der Waals surface area contributed by atoms with E-state index < -0.39 is 0 Å². The lowest BCUT2D eigenvalue weighted by Gasteiger charge is -2.22. The highest BCUT2D eigenvalue weighted by atomic mass is 35.5. The molecule has 2 N–H and O–H groups in total. The van der Waals surface area contributed by atoms with Gasteiger partial charge in [0, 0.05) is 25.7 Å². The van der Waals surface area contributed by atoms with Gasteiger partial charge in [-0.2, -0.15) is 0 Å². The van der Waals surface area contributed by atoms with E-state index in [9.17, 15) is 0 Å². The maximum absolute atomic E-state index is 3.41. The first-order valence-corrected chi connectivity index (χ1v) is 3.37. The molecule has 0 aromatic carbocycles. The van der Waals surface area contributed by atoms with Gasteiger partial charge in [0.15, 0.2) is 0 Å². The SMILES string of the molecule is CCC1CNCCN1.Cl. The molecule has 0 spiro atoms. The summed E-state index contributed by atoms with van der Waals surface area (Å²) in [5.74, 6) is 0. The Bertz CT molecular complexity index is 62.1. The summed E-state index contributed by atoms with van der Waals surface area (Å²) in [6, 6.07) is 0.726. The van der Waals surface area contributed by atoms with Crippen LogP contribution >= 0.6 is 12.4 Å². The van der Waals surface area contributed by atoms with Crippen LogP contribution in [0.5, 0.6) is 0 Å². The van der Waals surface area contributed by atoms with Gasteiger partial charge in [-0.25, -0.2) is 0 Å². The summed E-state index contributed by atoms with van der Waals surface area (Å²) in [4.78, 5) is 0. The molecule has 0 amide bonds. The molecular weight excluding hydrogens is 136 g/mol. The van der Waals surface area contributed by atoms with Crippen molar-refractivity contribution >= 4 is 12.4 Å². The summed E-state index contributed by atoms with van der Waals surface area (Å²) < 4.78 is 0. The number of hydrogen-bond acceptors (Lipinski definition) is 2. The molecule has 1 rings (SSSR count). The molecule has 1 aliphatic rings. The molecule has 0 aromatic heterocycles. The maximum atomic E-state index is 3.41. The fourth-order valence-corrected chi connectivity index (χ4v) is 1.00. The van der Waals surface area contributed by atoms with E-state index >= 15 is 0 Å². The van der Waals surface area contributed by atoms with Crippen molar-refractivity contribution in [1.82, 2.24) is 10.6 Å². The molecular formula is C6H15ClN2. The molecule has 1 unspecified atom stereocenters. The van der Waals surface area contributed by atoms with Gasteiger partial charge >= 0.3 is 0 Å². The normalized spacial score (nSPS) is 27.0. The molecule has 1 saturated heterocycles. The zero-order valence-electron chi connectivity index (χ0n) is 5.81.